The number of nitrogens with zero attached hydrogens (tertiary/aromatic N) is 4. The van der Waals surface area contributed by atoms with E-state index in [4.69, 9.17) is 19.4 Å². The van der Waals surface area contributed by atoms with Crippen LogP contribution < -0.4 is 0 Å². The van der Waals surface area contributed by atoms with Gasteiger partial charge >= 0.3 is 0 Å². The van der Waals surface area contributed by atoms with Crippen LogP contribution in [0.4, 0.5) is 0 Å². The Labute approximate surface area is 275 Å². The molecule has 0 bridgehead atoms. The highest BCUT2D eigenvalue weighted by molar-refractivity contribution is 6.26. The molecule has 0 atom stereocenters. The second-order valence-corrected chi connectivity index (χ2v) is 12.0. The molecule has 0 aliphatic heterocycles. The first kappa shape index (κ1) is 26.6. The zero-order valence-corrected chi connectivity index (χ0v) is 25.7. The predicted molar refractivity (Wildman–Crippen MR) is 195 cm³/mol. The Kier molecular flexibility index (Phi) is 5.81. The van der Waals surface area contributed by atoms with Gasteiger partial charge in [0.25, 0.3) is 0 Å². The Hall–Kier alpha value is -6.59. The molecule has 7 aromatic carbocycles. The van der Waals surface area contributed by atoms with E-state index in [1.54, 1.807) is 0 Å². The Bertz CT molecular complexity index is 2760. The Morgan fingerprint density at radius 3 is 1.69 bits per heavy atom. The van der Waals surface area contributed by atoms with E-state index in [9.17, 15) is 0 Å². The molecular formula is C43H26N4O. The molecule has 3 aromatic heterocycles. The molecule has 0 radical (unpaired) electrons. The number of benzene rings is 7. The summed E-state index contributed by atoms with van der Waals surface area (Å²) in [5, 5.41) is 6.55. The van der Waals surface area contributed by atoms with E-state index < -0.39 is 0 Å². The van der Waals surface area contributed by atoms with Crippen LogP contribution in [0.5, 0.6) is 0 Å². The lowest BCUT2D eigenvalue weighted by Gasteiger charge is -2.11. The highest BCUT2D eigenvalue weighted by atomic mass is 16.3. The highest BCUT2D eigenvalue weighted by Crippen LogP contribution is 2.43. The molecule has 0 amide bonds. The minimum atomic E-state index is 0.550. The van der Waals surface area contributed by atoms with Crippen molar-refractivity contribution in [1.82, 2.24) is 19.5 Å². The van der Waals surface area contributed by atoms with E-state index in [1.807, 2.05) is 66.7 Å². The predicted octanol–water partition coefficient (Wildman–Crippen LogP) is 11.0. The Morgan fingerprint density at radius 1 is 0.396 bits per heavy atom. The van der Waals surface area contributed by atoms with Crippen LogP contribution in [-0.4, -0.2) is 19.5 Å². The standard InChI is InChI=1S/C43H26N4O/c1-4-12-27(13-5-1)31-21-23-35-37(26-31)47(43-45-41(29-15-6-2-7-16-29)44-42(46-43)30-17-8-3-9-18-30)36-25-24-34-33-22-20-28-14-10-11-19-32(28)39(33)48-40(34)38(35)36/h1-26H. The number of hydrogen-bond acceptors (Lipinski definition) is 4. The quantitative estimate of drug-likeness (QED) is 0.198. The largest absolute Gasteiger partial charge is 0.455 e. The summed E-state index contributed by atoms with van der Waals surface area (Å²) in [7, 11) is 0. The third-order valence-electron chi connectivity index (χ3n) is 9.25. The van der Waals surface area contributed by atoms with E-state index >= 15 is 0 Å². The summed E-state index contributed by atoms with van der Waals surface area (Å²) in [5.41, 5.74) is 7.82. The SMILES string of the molecule is c1ccc(-c2ccc3c4c5oc6c7ccccc7ccc6c5ccc4n(-c4nc(-c5ccccc5)nc(-c5ccccc5)n4)c3c2)cc1. The molecule has 0 saturated carbocycles. The molecule has 0 saturated heterocycles. The summed E-state index contributed by atoms with van der Waals surface area (Å²) >= 11 is 0. The van der Waals surface area contributed by atoms with Gasteiger partial charge in [0.15, 0.2) is 11.6 Å². The number of fused-ring (bicyclic) bond motifs is 9. The van der Waals surface area contributed by atoms with Gasteiger partial charge in [0.2, 0.25) is 5.95 Å². The van der Waals surface area contributed by atoms with Gasteiger partial charge in [-0.05, 0) is 40.8 Å². The topological polar surface area (TPSA) is 56.7 Å². The van der Waals surface area contributed by atoms with Crippen molar-refractivity contribution in [2.24, 2.45) is 0 Å². The molecule has 0 fully saturated rings. The van der Waals surface area contributed by atoms with E-state index in [0.717, 1.165) is 76.8 Å². The molecule has 224 valence electrons. The molecule has 5 nitrogen and oxygen atoms in total. The zero-order chi connectivity index (χ0) is 31.6. The number of hydrogen-bond donors (Lipinski definition) is 0. The third-order valence-corrected chi connectivity index (χ3v) is 9.25. The summed E-state index contributed by atoms with van der Waals surface area (Å²) in [6, 6.07) is 54.4. The molecule has 0 aliphatic carbocycles. The summed E-state index contributed by atoms with van der Waals surface area (Å²) < 4.78 is 9.04. The van der Waals surface area contributed by atoms with E-state index in [1.165, 1.54) is 0 Å². The summed E-state index contributed by atoms with van der Waals surface area (Å²) in [6.45, 7) is 0. The number of furan rings is 1. The van der Waals surface area contributed by atoms with E-state index in [-0.39, 0.29) is 0 Å². The van der Waals surface area contributed by atoms with Crippen molar-refractivity contribution in [2.45, 2.75) is 0 Å². The zero-order valence-electron chi connectivity index (χ0n) is 25.7. The van der Waals surface area contributed by atoms with Gasteiger partial charge in [-0.15, -0.1) is 0 Å². The second kappa shape index (κ2) is 10.5. The monoisotopic (exact) mass is 614 g/mol. The molecule has 0 aliphatic rings. The summed E-state index contributed by atoms with van der Waals surface area (Å²) in [4.78, 5) is 15.3. The van der Waals surface area contributed by atoms with Crippen LogP contribution in [0.2, 0.25) is 0 Å². The second-order valence-electron chi connectivity index (χ2n) is 12.0. The lowest BCUT2D eigenvalue weighted by molar-refractivity contribution is 0.676. The third kappa shape index (κ3) is 4.08. The van der Waals surface area contributed by atoms with Gasteiger partial charge in [0.05, 0.1) is 16.4 Å². The smallest absolute Gasteiger partial charge is 0.238 e. The van der Waals surface area contributed by atoms with E-state index in [2.05, 4.69) is 95.6 Å². The van der Waals surface area contributed by atoms with Crippen molar-refractivity contribution in [3.8, 4) is 39.9 Å². The van der Waals surface area contributed by atoms with Crippen molar-refractivity contribution < 1.29 is 4.42 Å². The van der Waals surface area contributed by atoms with Gasteiger partial charge in [-0.1, -0.05) is 133 Å². The van der Waals surface area contributed by atoms with Crippen LogP contribution in [0, 0.1) is 0 Å². The minimum absolute atomic E-state index is 0.550. The van der Waals surface area contributed by atoms with Crippen molar-refractivity contribution in [3.63, 3.8) is 0 Å². The summed E-state index contributed by atoms with van der Waals surface area (Å²) in [6.07, 6.45) is 0. The van der Waals surface area contributed by atoms with Crippen LogP contribution in [0.3, 0.4) is 0 Å². The molecule has 48 heavy (non-hydrogen) atoms. The first-order valence-electron chi connectivity index (χ1n) is 16.0. The van der Waals surface area contributed by atoms with Gasteiger partial charge in [-0.2, -0.15) is 9.97 Å². The van der Waals surface area contributed by atoms with Gasteiger partial charge < -0.3 is 4.42 Å². The summed E-state index contributed by atoms with van der Waals surface area (Å²) in [5.74, 6) is 1.78. The molecule has 0 spiro atoms. The van der Waals surface area contributed by atoms with E-state index in [0.29, 0.717) is 17.6 Å². The first-order chi connectivity index (χ1) is 23.8. The van der Waals surface area contributed by atoms with Gasteiger partial charge in [-0.3, -0.25) is 4.57 Å². The van der Waals surface area contributed by atoms with Crippen LogP contribution >= 0.6 is 0 Å². The number of aromatic nitrogens is 4. The van der Waals surface area contributed by atoms with Gasteiger partial charge in [0.1, 0.15) is 11.2 Å². The van der Waals surface area contributed by atoms with Crippen LogP contribution in [0.1, 0.15) is 0 Å². The average Bonchev–Trinajstić information content (AvgIpc) is 3.71. The van der Waals surface area contributed by atoms with Crippen molar-refractivity contribution >= 4 is 54.5 Å². The van der Waals surface area contributed by atoms with Gasteiger partial charge in [-0.25, -0.2) is 4.98 Å². The fraction of sp³-hybridized carbons (Fsp3) is 0. The lowest BCUT2D eigenvalue weighted by Crippen LogP contribution is -2.06. The van der Waals surface area contributed by atoms with Crippen LogP contribution in [-0.2, 0) is 0 Å². The molecular weight excluding hydrogens is 589 g/mol. The Morgan fingerprint density at radius 2 is 0.979 bits per heavy atom. The fourth-order valence-corrected chi connectivity index (χ4v) is 6.98. The van der Waals surface area contributed by atoms with Crippen molar-refractivity contribution in [3.05, 3.63) is 158 Å². The fourth-order valence-electron chi connectivity index (χ4n) is 6.98. The molecule has 10 aromatic rings. The molecule has 0 N–H and O–H groups in total. The molecule has 10 rings (SSSR count). The highest BCUT2D eigenvalue weighted by Gasteiger charge is 2.22. The molecule has 3 heterocycles. The van der Waals surface area contributed by atoms with Crippen LogP contribution in [0.25, 0.3) is 94.4 Å². The normalized spacial score (nSPS) is 11.8. The Balaban J connectivity index is 1.34. The minimum Gasteiger partial charge on any atom is -0.455 e. The molecule has 5 heteroatoms. The maximum atomic E-state index is 6.87. The van der Waals surface area contributed by atoms with Crippen molar-refractivity contribution in [2.75, 3.05) is 0 Å². The first-order valence-corrected chi connectivity index (χ1v) is 16.0. The van der Waals surface area contributed by atoms with Crippen LogP contribution in [0.15, 0.2) is 162 Å². The lowest BCUT2D eigenvalue weighted by atomic mass is 10.0. The van der Waals surface area contributed by atoms with Crippen molar-refractivity contribution in [1.29, 1.82) is 0 Å². The average molecular weight is 615 g/mol. The number of rotatable bonds is 4. The maximum Gasteiger partial charge on any atom is 0.238 e. The van der Waals surface area contributed by atoms with Gasteiger partial charge in [0, 0.05) is 32.7 Å². The molecule has 0 unspecified atom stereocenters. The maximum absolute atomic E-state index is 6.87.